The molecule has 0 bridgehead atoms. The number of hydrogen-bond donors (Lipinski definition) is 2. The van der Waals surface area contributed by atoms with Crippen LogP contribution in [0, 0.1) is 0 Å². The van der Waals surface area contributed by atoms with E-state index in [0.717, 1.165) is 6.54 Å². The van der Waals surface area contributed by atoms with Gasteiger partial charge in [-0.2, -0.15) is 13.2 Å². The molecular formula is C10H17F3N4O. The first kappa shape index (κ1) is 14.7. The molecule has 1 heterocycles. The fourth-order valence-corrected chi connectivity index (χ4v) is 1.47. The molecule has 0 radical (unpaired) electrons. The number of aromatic nitrogens is 2. The lowest BCUT2D eigenvalue weighted by Gasteiger charge is -2.13. The summed E-state index contributed by atoms with van der Waals surface area (Å²) in [7, 11) is 0. The van der Waals surface area contributed by atoms with Crippen LogP contribution in [0.2, 0.25) is 0 Å². The molecule has 1 rings (SSSR count). The maximum absolute atomic E-state index is 12.1. The minimum absolute atomic E-state index is 0.00602. The highest BCUT2D eigenvalue weighted by Gasteiger charge is 2.30. The molecule has 0 fully saturated rings. The Balaban J connectivity index is 2.53. The summed E-state index contributed by atoms with van der Waals surface area (Å²) in [5.74, 6) is 0.346. The van der Waals surface area contributed by atoms with E-state index in [0.29, 0.717) is 5.89 Å². The van der Waals surface area contributed by atoms with Gasteiger partial charge in [0, 0.05) is 6.04 Å². The molecule has 8 heteroatoms. The Kier molecular flexibility index (Phi) is 4.94. The second-order valence-electron chi connectivity index (χ2n) is 4.09. The largest absolute Gasteiger partial charge is 0.406 e. The number of alkyl halides is 3. The fraction of sp³-hybridized carbons (Fsp3) is 0.800. The fourth-order valence-electron chi connectivity index (χ4n) is 1.47. The molecule has 1 aromatic rings. The zero-order valence-electron chi connectivity index (χ0n) is 10.5. The summed E-state index contributed by atoms with van der Waals surface area (Å²) in [6, 6.07) is -0.935. The number of anilines is 1. The van der Waals surface area contributed by atoms with Gasteiger partial charge in [-0.1, -0.05) is 12.0 Å². The SMILES string of the molecule is CCNC(C)c1nnc(NC(C)CC(F)(F)F)o1. The van der Waals surface area contributed by atoms with Crippen molar-refractivity contribution in [3.63, 3.8) is 0 Å². The van der Waals surface area contributed by atoms with Crippen molar-refractivity contribution in [1.29, 1.82) is 0 Å². The van der Waals surface area contributed by atoms with Gasteiger partial charge in [-0.25, -0.2) is 0 Å². The molecular weight excluding hydrogens is 249 g/mol. The maximum Gasteiger partial charge on any atom is 0.391 e. The van der Waals surface area contributed by atoms with Gasteiger partial charge >= 0.3 is 12.2 Å². The summed E-state index contributed by atoms with van der Waals surface area (Å²) in [6.45, 7) is 5.90. The number of rotatable bonds is 6. The van der Waals surface area contributed by atoms with Gasteiger partial charge in [0.25, 0.3) is 0 Å². The molecule has 104 valence electrons. The summed E-state index contributed by atoms with van der Waals surface area (Å²) in [6.07, 6.45) is -5.17. The smallest absolute Gasteiger partial charge is 0.391 e. The lowest BCUT2D eigenvalue weighted by Crippen LogP contribution is -2.24. The average molecular weight is 266 g/mol. The van der Waals surface area contributed by atoms with Crippen LogP contribution in [0.1, 0.15) is 39.1 Å². The Morgan fingerprint density at radius 2 is 1.94 bits per heavy atom. The van der Waals surface area contributed by atoms with Crippen molar-refractivity contribution < 1.29 is 17.6 Å². The zero-order valence-corrected chi connectivity index (χ0v) is 10.5. The number of nitrogens with zero attached hydrogens (tertiary/aromatic N) is 2. The van der Waals surface area contributed by atoms with E-state index in [9.17, 15) is 13.2 Å². The zero-order chi connectivity index (χ0) is 13.8. The lowest BCUT2D eigenvalue weighted by molar-refractivity contribution is -0.136. The van der Waals surface area contributed by atoms with Gasteiger partial charge in [0.15, 0.2) is 0 Å². The Hall–Kier alpha value is -1.31. The molecule has 5 nitrogen and oxygen atoms in total. The number of hydrogen-bond acceptors (Lipinski definition) is 5. The molecule has 18 heavy (non-hydrogen) atoms. The lowest BCUT2D eigenvalue weighted by atomic mass is 10.2. The highest BCUT2D eigenvalue weighted by molar-refractivity contribution is 5.19. The van der Waals surface area contributed by atoms with Crippen LogP contribution in [-0.4, -0.2) is 29.0 Å². The second kappa shape index (κ2) is 6.03. The van der Waals surface area contributed by atoms with E-state index in [2.05, 4.69) is 20.8 Å². The van der Waals surface area contributed by atoms with E-state index in [-0.39, 0.29) is 12.1 Å². The van der Waals surface area contributed by atoms with Gasteiger partial charge in [-0.15, -0.1) is 5.10 Å². The summed E-state index contributed by atoms with van der Waals surface area (Å²) in [4.78, 5) is 0. The van der Waals surface area contributed by atoms with Crippen LogP contribution in [0.4, 0.5) is 19.2 Å². The van der Waals surface area contributed by atoms with Crippen molar-refractivity contribution >= 4 is 6.01 Å². The van der Waals surface area contributed by atoms with Crippen molar-refractivity contribution in [2.45, 2.75) is 45.5 Å². The van der Waals surface area contributed by atoms with E-state index in [4.69, 9.17) is 4.42 Å². The Bertz CT molecular complexity index is 366. The molecule has 0 spiro atoms. The van der Waals surface area contributed by atoms with Crippen LogP contribution in [-0.2, 0) is 0 Å². The third kappa shape index (κ3) is 4.91. The average Bonchev–Trinajstić information content (AvgIpc) is 2.63. The Morgan fingerprint density at radius 1 is 1.28 bits per heavy atom. The summed E-state index contributed by atoms with van der Waals surface area (Å²) < 4.78 is 41.6. The van der Waals surface area contributed by atoms with E-state index < -0.39 is 18.6 Å². The normalized spacial score (nSPS) is 15.4. The molecule has 2 unspecified atom stereocenters. The maximum atomic E-state index is 12.1. The molecule has 0 saturated carbocycles. The van der Waals surface area contributed by atoms with Crippen LogP contribution < -0.4 is 10.6 Å². The van der Waals surface area contributed by atoms with Crippen LogP contribution >= 0.6 is 0 Å². The molecule has 2 atom stereocenters. The van der Waals surface area contributed by atoms with Crippen molar-refractivity contribution in [1.82, 2.24) is 15.5 Å². The number of halogens is 3. The standard InChI is InChI=1S/C10H17F3N4O/c1-4-14-7(3)8-16-17-9(18-8)15-6(2)5-10(11,12)13/h6-7,14H,4-5H2,1-3H3,(H,15,17). The molecule has 2 N–H and O–H groups in total. The molecule has 0 aromatic carbocycles. The molecule has 0 amide bonds. The van der Waals surface area contributed by atoms with E-state index >= 15 is 0 Å². The highest BCUT2D eigenvalue weighted by Crippen LogP contribution is 2.23. The van der Waals surface area contributed by atoms with Crippen LogP contribution in [0.25, 0.3) is 0 Å². The monoisotopic (exact) mass is 266 g/mol. The van der Waals surface area contributed by atoms with Crippen LogP contribution in [0.5, 0.6) is 0 Å². The van der Waals surface area contributed by atoms with E-state index in [1.54, 1.807) is 0 Å². The van der Waals surface area contributed by atoms with E-state index in [1.807, 2.05) is 13.8 Å². The van der Waals surface area contributed by atoms with Gasteiger partial charge < -0.3 is 15.1 Å². The predicted octanol–water partition coefficient (Wildman–Crippen LogP) is 2.49. The Labute approximate surface area is 103 Å². The molecule has 0 aliphatic carbocycles. The van der Waals surface area contributed by atoms with Crippen molar-refractivity contribution in [3.05, 3.63) is 5.89 Å². The van der Waals surface area contributed by atoms with Crippen LogP contribution in [0.3, 0.4) is 0 Å². The first-order chi connectivity index (χ1) is 8.31. The topological polar surface area (TPSA) is 63.0 Å². The van der Waals surface area contributed by atoms with Crippen molar-refractivity contribution in [2.75, 3.05) is 11.9 Å². The third-order valence-corrected chi connectivity index (χ3v) is 2.23. The van der Waals surface area contributed by atoms with Gasteiger partial charge in [-0.05, 0) is 20.4 Å². The minimum atomic E-state index is -4.22. The molecule has 0 saturated heterocycles. The number of nitrogens with one attached hydrogen (secondary N) is 2. The van der Waals surface area contributed by atoms with Crippen molar-refractivity contribution in [3.8, 4) is 0 Å². The van der Waals surface area contributed by atoms with Gasteiger partial charge in [0.05, 0.1) is 12.5 Å². The van der Waals surface area contributed by atoms with Gasteiger partial charge in [-0.3, -0.25) is 0 Å². The quantitative estimate of drug-likeness (QED) is 0.828. The molecule has 0 aliphatic heterocycles. The summed E-state index contributed by atoms with van der Waals surface area (Å²) >= 11 is 0. The minimum Gasteiger partial charge on any atom is -0.406 e. The van der Waals surface area contributed by atoms with Gasteiger partial charge in [0.2, 0.25) is 5.89 Å². The third-order valence-electron chi connectivity index (χ3n) is 2.23. The second-order valence-corrected chi connectivity index (χ2v) is 4.09. The van der Waals surface area contributed by atoms with E-state index in [1.165, 1.54) is 6.92 Å². The summed E-state index contributed by atoms with van der Waals surface area (Å²) in [5.41, 5.74) is 0. The molecule has 1 aromatic heterocycles. The summed E-state index contributed by atoms with van der Waals surface area (Å²) in [5, 5.41) is 13.0. The highest BCUT2D eigenvalue weighted by atomic mass is 19.4. The predicted molar refractivity (Wildman–Crippen MR) is 60.1 cm³/mol. The van der Waals surface area contributed by atoms with Crippen LogP contribution in [0.15, 0.2) is 4.42 Å². The first-order valence-electron chi connectivity index (χ1n) is 5.72. The first-order valence-corrected chi connectivity index (χ1v) is 5.72. The molecule has 0 aliphatic rings. The van der Waals surface area contributed by atoms with Crippen molar-refractivity contribution in [2.24, 2.45) is 0 Å². The Morgan fingerprint density at radius 3 is 2.50 bits per heavy atom. The van der Waals surface area contributed by atoms with Gasteiger partial charge in [0.1, 0.15) is 0 Å².